The van der Waals surface area contributed by atoms with E-state index in [0.29, 0.717) is 5.69 Å². The van der Waals surface area contributed by atoms with E-state index in [1.54, 1.807) is 12.4 Å². The highest BCUT2D eigenvalue weighted by Crippen LogP contribution is 2.22. The number of fused-ring (bicyclic) bond motifs is 1. The maximum absolute atomic E-state index is 11.1. The summed E-state index contributed by atoms with van der Waals surface area (Å²) in [6, 6.07) is 7.51. The van der Waals surface area contributed by atoms with E-state index in [2.05, 4.69) is 15.0 Å². The van der Waals surface area contributed by atoms with Crippen molar-refractivity contribution < 1.29 is 0 Å². The zero-order chi connectivity index (χ0) is 11.8. The Hall–Kier alpha value is -2.56. The number of imidazole rings is 1. The summed E-state index contributed by atoms with van der Waals surface area (Å²) in [6.07, 6.45) is 3.34. The summed E-state index contributed by atoms with van der Waals surface area (Å²) in [5.74, 6) is 0. The standard InChI is InChI=1S/C12H10N4O/c13-9-3-8(5-14-6-9)7-1-2-10-11(4-7)16-12(17)15-10/h1-6H,13H2,(H2,15,16,17). The Bertz CT molecular complexity index is 741. The second-order valence-electron chi connectivity index (χ2n) is 3.85. The number of benzene rings is 1. The Labute approximate surface area is 96.3 Å². The molecule has 0 saturated carbocycles. The van der Waals surface area contributed by atoms with Crippen LogP contribution in [0.4, 0.5) is 5.69 Å². The topological polar surface area (TPSA) is 87.6 Å². The SMILES string of the molecule is Nc1cncc(-c2ccc3[nH]c(=O)[nH]c3c2)c1. The van der Waals surface area contributed by atoms with Gasteiger partial charge in [-0.25, -0.2) is 4.79 Å². The molecule has 5 nitrogen and oxygen atoms in total. The molecule has 0 fully saturated rings. The molecule has 0 aliphatic carbocycles. The maximum atomic E-state index is 11.1. The molecule has 0 saturated heterocycles. The number of aromatic nitrogens is 3. The fourth-order valence-electron chi connectivity index (χ4n) is 1.83. The molecule has 0 radical (unpaired) electrons. The molecule has 0 bridgehead atoms. The quantitative estimate of drug-likeness (QED) is 0.587. The molecule has 1 aromatic carbocycles. The molecule has 0 amide bonds. The second-order valence-corrected chi connectivity index (χ2v) is 3.85. The molecule has 2 aromatic heterocycles. The fraction of sp³-hybridized carbons (Fsp3) is 0. The number of rotatable bonds is 1. The first-order chi connectivity index (χ1) is 8.22. The molecule has 0 spiro atoms. The van der Waals surface area contributed by atoms with Gasteiger partial charge >= 0.3 is 5.69 Å². The van der Waals surface area contributed by atoms with Gasteiger partial charge in [0.15, 0.2) is 0 Å². The summed E-state index contributed by atoms with van der Waals surface area (Å²) in [5, 5.41) is 0. The van der Waals surface area contributed by atoms with E-state index in [0.717, 1.165) is 22.2 Å². The number of nitrogen functional groups attached to an aromatic ring is 1. The highest BCUT2D eigenvalue weighted by atomic mass is 16.1. The van der Waals surface area contributed by atoms with Gasteiger partial charge in [0, 0.05) is 18.0 Å². The summed E-state index contributed by atoms with van der Waals surface area (Å²) in [5.41, 5.74) is 9.55. The van der Waals surface area contributed by atoms with Gasteiger partial charge in [-0.05, 0) is 23.8 Å². The van der Waals surface area contributed by atoms with Crippen LogP contribution in [0.3, 0.4) is 0 Å². The normalized spacial score (nSPS) is 10.8. The number of pyridine rings is 1. The van der Waals surface area contributed by atoms with Crippen LogP contribution < -0.4 is 11.4 Å². The Balaban J connectivity index is 2.20. The van der Waals surface area contributed by atoms with Crippen LogP contribution in [0.25, 0.3) is 22.2 Å². The van der Waals surface area contributed by atoms with Gasteiger partial charge in [-0.2, -0.15) is 0 Å². The third kappa shape index (κ3) is 1.67. The van der Waals surface area contributed by atoms with Crippen molar-refractivity contribution in [3.05, 3.63) is 47.1 Å². The van der Waals surface area contributed by atoms with Crippen molar-refractivity contribution in [1.29, 1.82) is 0 Å². The van der Waals surface area contributed by atoms with Gasteiger partial charge in [-0.15, -0.1) is 0 Å². The largest absolute Gasteiger partial charge is 0.397 e. The molecule has 4 N–H and O–H groups in total. The van der Waals surface area contributed by atoms with E-state index in [9.17, 15) is 4.79 Å². The van der Waals surface area contributed by atoms with Gasteiger partial charge in [0.1, 0.15) is 0 Å². The van der Waals surface area contributed by atoms with Crippen LogP contribution >= 0.6 is 0 Å². The predicted molar refractivity (Wildman–Crippen MR) is 66.6 cm³/mol. The minimum atomic E-state index is -0.206. The molecule has 3 rings (SSSR count). The average molecular weight is 226 g/mol. The van der Waals surface area contributed by atoms with E-state index in [4.69, 9.17) is 5.73 Å². The molecule has 84 valence electrons. The van der Waals surface area contributed by atoms with Gasteiger partial charge in [0.25, 0.3) is 0 Å². The minimum Gasteiger partial charge on any atom is -0.397 e. The van der Waals surface area contributed by atoms with Crippen LogP contribution in [0.5, 0.6) is 0 Å². The van der Waals surface area contributed by atoms with Crippen LogP contribution in [0.15, 0.2) is 41.5 Å². The fourth-order valence-corrected chi connectivity index (χ4v) is 1.83. The van der Waals surface area contributed by atoms with Crippen LogP contribution in [0.2, 0.25) is 0 Å². The number of nitrogens with two attached hydrogens (primary N) is 1. The van der Waals surface area contributed by atoms with Crippen molar-refractivity contribution in [2.45, 2.75) is 0 Å². The highest BCUT2D eigenvalue weighted by Gasteiger charge is 2.02. The third-order valence-electron chi connectivity index (χ3n) is 2.61. The first-order valence-electron chi connectivity index (χ1n) is 5.15. The monoisotopic (exact) mass is 226 g/mol. The van der Waals surface area contributed by atoms with E-state index in [1.807, 2.05) is 24.3 Å². The van der Waals surface area contributed by atoms with Crippen LogP contribution in [-0.4, -0.2) is 15.0 Å². The number of anilines is 1. The van der Waals surface area contributed by atoms with Crippen molar-refractivity contribution >= 4 is 16.7 Å². The van der Waals surface area contributed by atoms with Crippen molar-refractivity contribution in [2.75, 3.05) is 5.73 Å². The lowest BCUT2D eigenvalue weighted by molar-refractivity contribution is 1.22. The predicted octanol–water partition coefficient (Wildman–Crippen LogP) is 1.50. The van der Waals surface area contributed by atoms with Crippen LogP contribution in [0, 0.1) is 0 Å². The number of nitrogens with one attached hydrogen (secondary N) is 2. The van der Waals surface area contributed by atoms with Gasteiger partial charge in [-0.3, -0.25) is 4.98 Å². The summed E-state index contributed by atoms with van der Waals surface area (Å²) >= 11 is 0. The molecule has 0 atom stereocenters. The van der Waals surface area contributed by atoms with E-state index >= 15 is 0 Å². The van der Waals surface area contributed by atoms with Gasteiger partial charge in [0.05, 0.1) is 16.7 Å². The molecule has 3 aromatic rings. The van der Waals surface area contributed by atoms with Crippen molar-refractivity contribution in [3.8, 4) is 11.1 Å². The van der Waals surface area contributed by atoms with Gasteiger partial charge in [0.2, 0.25) is 0 Å². The smallest absolute Gasteiger partial charge is 0.323 e. The zero-order valence-corrected chi connectivity index (χ0v) is 8.90. The first kappa shape index (κ1) is 9.65. The molecule has 17 heavy (non-hydrogen) atoms. The summed E-state index contributed by atoms with van der Waals surface area (Å²) in [7, 11) is 0. The van der Waals surface area contributed by atoms with Crippen molar-refractivity contribution in [1.82, 2.24) is 15.0 Å². The summed E-state index contributed by atoms with van der Waals surface area (Å²) in [4.78, 5) is 20.6. The lowest BCUT2D eigenvalue weighted by atomic mass is 10.1. The molecule has 0 aliphatic rings. The van der Waals surface area contributed by atoms with Crippen LogP contribution in [-0.2, 0) is 0 Å². The van der Waals surface area contributed by atoms with Crippen LogP contribution in [0.1, 0.15) is 0 Å². The Morgan fingerprint density at radius 3 is 2.65 bits per heavy atom. The molecule has 0 aliphatic heterocycles. The molecular formula is C12H10N4O. The molecule has 2 heterocycles. The number of aromatic amines is 2. The molecule has 0 unspecified atom stereocenters. The first-order valence-corrected chi connectivity index (χ1v) is 5.15. The number of hydrogen-bond acceptors (Lipinski definition) is 3. The molecule has 5 heteroatoms. The maximum Gasteiger partial charge on any atom is 0.323 e. The minimum absolute atomic E-state index is 0.206. The number of nitrogens with zero attached hydrogens (tertiary/aromatic N) is 1. The third-order valence-corrected chi connectivity index (χ3v) is 2.61. The van der Waals surface area contributed by atoms with Crippen molar-refractivity contribution in [3.63, 3.8) is 0 Å². The Morgan fingerprint density at radius 2 is 1.82 bits per heavy atom. The zero-order valence-electron chi connectivity index (χ0n) is 8.90. The summed E-state index contributed by atoms with van der Waals surface area (Å²) < 4.78 is 0. The Kier molecular flexibility index (Phi) is 1.98. The summed E-state index contributed by atoms with van der Waals surface area (Å²) in [6.45, 7) is 0. The van der Waals surface area contributed by atoms with Gasteiger partial charge in [-0.1, -0.05) is 6.07 Å². The van der Waals surface area contributed by atoms with E-state index in [1.165, 1.54) is 0 Å². The van der Waals surface area contributed by atoms with E-state index in [-0.39, 0.29) is 5.69 Å². The van der Waals surface area contributed by atoms with E-state index < -0.39 is 0 Å². The second kappa shape index (κ2) is 3.48. The van der Waals surface area contributed by atoms with Gasteiger partial charge < -0.3 is 15.7 Å². The molecular weight excluding hydrogens is 216 g/mol. The highest BCUT2D eigenvalue weighted by molar-refractivity contribution is 5.81. The Morgan fingerprint density at radius 1 is 1.00 bits per heavy atom. The lowest BCUT2D eigenvalue weighted by Crippen LogP contribution is -1.99. The van der Waals surface area contributed by atoms with Crippen molar-refractivity contribution in [2.24, 2.45) is 0 Å². The number of hydrogen-bond donors (Lipinski definition) is 3. The number of H-pyrrole nitrogens is 2. The average Bonchev–Trinajstić information content (AvgIpc) is 2.68. The lowest BCUT2D eigenvalue weighted by Gasteiger charge is -2.02.